The highest BCUT2D eigenvalue weighted by Gasteiger charge is 2.22. The quantitative estimate of drug-likeness (QED) is 0.0520. The zero-order valence-electron chi connectivity index (χ0n) is 49.9. The van der Waals surface area contributed by atoms with Crippen molar-refractivity contribution in [3.63, 3.8) is 0 Å². The van der Waals surface area contributed by atoms with Crippen LogP contribution in [0.25, 0.3) is 0 Å². The Morgan fingerprint density at radius 1 is 0.397 bits per heavy atom. The first-order valence-corrected chi connectivity index (χ1v) is 34.8. The van der Waals surface area contributed by atoms with E-state index in [0.29, 0.717) is 26.2 Å². The molecule has 0 amide bonds. The number of carbonyl (C=O) groups is 1. The first kappa shape index (κ1) is 69.5. The highest BCUT2D eigenvalue weighted by Crippen LogP contribution is 2.40. The average Bonchev–Trinajstić information content (AvgIpc) is 3.38. The molecule has 1 aromatic carbocycles. The van der Waals surface area contributed by atoms with Gasteiger partial charge in [0, 0.05) is 12.0 Å². The van der Waals surface area contributed by atoms with Gasteiger partial charge in [0.1, 0.15) is 11.5 Å². The summed E-state index contributed by atoms with van der Waals surface area (Å²) in [6.07, 6.45) is 68.3. The lowest BCUT2D eigenvalue weighted by molar-refractivity contribution is -0.141. The van der Waals surface area contributed by atoms with E-state index in [-0.39, 0.29) is 16.8 Å². The molecule has 1 aromatic rings. The molecule has 0 fully saturated rings. The van der Waals surface area contributed by atoms with Crippen molar-refractivity contribution in [3.8, 4) is 17.2 Å². The molecule has 0 heterocycles. The molecule has 0 bridgehead atoms. The monoisotopic (exact) mass is 1040 g/mol. The second kappa shape index (κ2) is 55.2. The maximum Gasteiger partial charge on any atom is 0.306 e. The summed E-state index contributed by atoms with van der Waals surface area (Å²) in [5.74, 6) is 3.28. The van der Waals surface area contributed by atoms with Crippen LogP contribution in [0, 0.1) is 5.92 Å². The molecular weight excluding hydrogens is 917 g/mol. The predicted octanol–water partition coefficient (Wildman–Crippen LogP) is 22.5. The van der Waals surface area contributed by atoms with Gasteiger partial charge in [0.2, 0.25) is 5.75 Å². The van der Waals surface area contributed by atoms with Gasteiger partial charge in [-0.05, 0) is 42.3 Å². The highest BCUT2D eigenvalue weighted by molar-refractivity contribution is 7.95. The van der Waals surface area contributed by atoms with Crippen molar-refractivity contribution in [1.82, 2.24) is 0 Å². The van der Waals surface area contributed by atoms with Crippen molar-refractivity contribution < 1.29 is 24.1 Å². The van der Waals surface area contributed by atoms with E-state index < -0.39 is 5.97 Å². The van der Waals surface area contributed by atoms with E-state index in [1.165, 1.54) is 295 Å². The maximum atomic E-state index is 11.6. The van der Waals surface area contributed by atoms with Gasteiger partial charge in [0.05, 0.1) is 32.0 Å². The number of hydrogen-bond acceptors (Lipinski definition) is 4. The van der Waals surface area contributed by atoms with E-state index in [0.717, 1.165) is 48.0 Å². The molecule has 0 aliphatic rings. The zero-order valence-corrected chi connectivity index (χ0v) is 50.7. The van der Waals surface area contributed by atoms with E-state index in [2.05, 4.69) is 39.2 Å². The number of aliphatic carboxylic acids is 1. The summed E-state index contributed by atoms with van der Waals surface area (Å²) in [4.78, 5) is 11.6. The molecular formula is C67H127O5S+. The number of benzene rings is 1. The van der Waals surface area contributed by atoms with Crippen LogP contribution in [0.5, 0.6) is 17.2 Å². The van der Waals surface area contributed by atoms with E-state index in [9.17, 15) is 9.90 Å². The molecule has 2 unspecified atom stereocenters. The summed E-state index contributed by atoms with van der Waals surface area (Å²) < 4.78 is 20.1. The minimum absolute atomic E-state index is 0.0502. The van der Waals surface area contributed by atoms with Crippen molar-refractivity contribution in [2.45, 2.75) is 348 Å². The van der Waals surface area contributed by atoms with Gasteiger partial charge in [0.15, 0.2) is 11.5 Å². The van der Waals surface area contributed by atoms with Crippen LogP contribution < -0.4 is 14.2 Å². The minimum atomic E-state index is -0.697. The van der Waals surface area contributed by atoms with Crippen LogP contribution in [0.3, 0.4) is 0 Å². The number of rotatable bonds is 60. The fourth-order valence-corrected chi connectivity index (χ4v) is 12.1. The van der Waals surface area contributed by atoms with Gasteiger partial charge in [-0.2, -0.15) is 0 Å². The summed E-state index contributed by atoms with van der Waals surface area (Å²) in [7, 11) is 0.0502. The molecule has 0 aliphatic heterocycles. The van der Waals surface area contributed by atoms with E-state index in [1.54, 1.807) is 0 Å². The Morgan fingerprint density at radius 3 is 0.877 bits per heavy atom. The van der Waals surface area contributed by atoms with E-state index in [4.69, 9.17) is 14.2 Å². The largest absolute Gasteiger partial charge is 0.490 e. The summed E-state index contributed by atoms with van der Waals surface area (Å²) in [5, 5.41) is 9.54. The standard InChI is InChI=1S/C67H126O5S/c1-6-9-12-15-18-21-24-27-30-33-36-39-42-45-48-51-55-70-64-59-63(61-73(5)58-54-62(4)67(68)69)60-65(71-56-52-49-46-43-40-37-34-31-28-25-22-19-16-13-10-7-2)66(64)72-57-53-50-47-44-41-38-35-32-29-26-23-20-17-14-11-8-3/h59-60,62H,6-58,61H2,1-5H3/p+1. The Bertz CT molecular complexity index is 1230. The van der Waals surface area contributed by atoms with Crippen LogP contribution in [-0.2, 0) is 21.4 Å². The number of carboxylic acids is 1. The Labute approximate surface area is 459 Å². The van der Waals surface area contributed by atoms with E-state index >= 15 is 0 Å². The SMILES string of the molecule is CCCCCCCCCCCCCCCCCCOc1cc(C[S+](C)CCC(C)C(=O)O)cc(OCCCCCCCCCCCCCCCCCC)c1OCCCCCCCCCCCCCCCCCC. The van der Waals surface area contributed by atoms with Gasteiger partial charge in [-0.1, -0.05) is 317 Å². The van der Waals surface area contributed by atoms with Crippen LogP contribution in [0.15, 0.2) is 12.1 Å². The second-order valence-corrected chi connectivity index (χ2v) is 25.3. The van der Waals surface area contributed by atoms with Gasteiger partial charge < -0.3 is 19.3 Å². The molecule has 6 heteroatoms. The molecule has 2 atom stereocenters. The van der Waals surface area contributed by atoms with Crippen molar-refractivity contribution in [1.29, 1.82) is 0 Å². The van der Waals surface area contributed by atoms with Gasteiger partial charge in [0.25, 0.3) is 0 Å². The topological polar surface area (TPSA) is 65.0 Å². The smallest absolute Gasteiger partial charge is 0.306 e. The summed E-state index contributed by atoms with van der Waals surface area (Å²) in [6.45, 7) is 10.8. The third-order valence-electron chi connectivity index (χ3n) is 15.6. The van der Waals surface area contributed by atoms with Gasteiger partial charge in [-0.15, -0.1) is 0 Å². The second-order valence-electron chi connectivity index (χ2n) is 23.0. The number of ether oxygens (including phenoxy) is 3. The molecule has 1 N–H and O–H groups in total. The summed E-state index contributed by atoms with van der Waals surface area (Å²) in [6, 6.07) is 4.45. The Balaban J connectivity index is 2.72. The molecule has 430 valence electrons. The Hall–Kier alpha value is -1.56. The van der Waals surface area contributed by atoms with Crippen LogP contribution in [0.2, 0.25) is 0 Å². The molecule has 5 nitrogen and oxygen atoms in total. The van der Waals surface area contributed by atoms with Crippen LogP contribution in [-0.4, -0.2) is 42.9 Å². The van der Waals surface area contributed by atoms with E-state index in [1.807, 2.05) is 6.92 Å². The molecule has 1 rings (SSSR count). The van der Waals surface area contributed by atoms with Crippen molar-refractivity contribution in [2.24, 2.45) is 5.92 Å². The molecule has 0 spiro atoms. The molecule has 0 aliphatic carbocycles. The highest BCUT2D eigenvalue weighted by atomic mass is 32.2. The zero-order chi connectivity index (χ0) is 52.8. The lowest BCUT2D eigenvalue weighted by Gasteiger charge is -2.19. The number of unbranched alkanes of at least 4 members (excludes halogenated alkanes) is 45. The first-order chi connectivity index (χ1) is 35.9. The molecule has 0 saturated heterocycles. The van der Waals surface area contributed by atoms with Gasteiger partial charge in [-0.25, -0.2) is 0 Å². The molecule has 0 radical (unpaired) electrons. The fraction of sp³-hybridized carbons (Fsp3) is 0.896. The minimum Gasteiger partial charge on any atom is -0.490 e. The third kappa shape index (κ3) is 46.3. The lowest BCUT2D eigenvalue weighted by atomic mass is 10.0. The normalized spacial score (nSPS) is 12.4. The summed E-state index contributed by atoms with van der Waals surface area (Å²) >= 11 is 0. The first-order valence-electron chi connectivity index (χ1n) is 32.8. The number of carboxylic acid groups (broad SMARTS) is 1. The van der Waals surface area contributed by atoms with Crippen LogP contribution in [0.4, 0.5) is 0 Å². The maximum absolute atomic E-state index is 11.6. The van der Waals surface area contributed by atoms with Crippen molar-refractivity contribution in [3.05, 3.63) is 17.7 Å². The van der Waals surface area contributed by atoms with Crippen molar-refractivity contribution >= 4 is 16.9 Å². The lowest BCUT2D eigenvalue weighted by Crippen LogP contribution is -2.16. The molecule has 0 saturated carbocycles. The van der Waals surface area contributed by atoms with Gasteiger partial charge in [-0.3, -0.25) is 4.79 Å². The van der Waals surface area contributed by atoms with Crippen LogP contribution in [0.1, 0.15) is 348 Å². The van der Waals surface area contributed by atoms with Gasteiger partial charge >= 0.3 is 5.97 Å². The average molecular weight is 1040 g/mol. The van der Waals surface area contributed by atoms with Crippen molar-refractivity contribution in [2.75, 3.05) is 31.8 Å². The number of hydrogen-bond donors (Lipinski definition) is 1. The predicted molar refractivity (Wildman–Crippen MR) is 325 cm³/mol. The summed E-state index contributed by atoms with van der Waals surface area (Å²) in [5.41, 5.74) is 1.22. The van der Waals surface area contributed by atoms with Crippen LogP contribution >= 0.6 is 0 Å². The third-order valence-corrected chi connectivity index (χ3v) is 17.3. The fourth-order valence-electron chi connectivity index (χ4n) is 10.4. The molecule has 0 aromatic heterocycles. The Kier molecular flexibility index (Phi) is 52.5. The molecule has 73 heavy (non-hydrogen) atoms. The Morgan fingerprint density at radius 2 is 0.630 bits per heavy atom.